The van der Waals surface area contributed by atoms with Gasteiger partial charge in [0.25, 0.3) is 16.8 Å². The minimum absolute atomic E-state index is 0.0129. The zero-order valence-electron chi connectivity index (χ0n) is 17.1. The summed E-state index contributed by atoms with van der Waals surface area (Å²) in [6.07, 6.45) is 1.60. The van der Waals surface area contributed by atoms with E-state index in [1.54, 1.807) is 25.1 Å². The van der Waals surface area contributed by atoms with Gasteiger partial charge in [-0.1, -0.05) is 0 Å². The average Bonchev–Trinajstić information content (AvgIpc) is 3.01. The predicted molar refractivity (Wildman–Crippen MR) is 139 cm³/mol. The van der Waals surface area contributed by atoms with Gasteiger partial charge in [-0.05, 0) is 105 Å². The van der Waals surface area contributed by atoms with Crippen molar-refractivity contribution >= 4 is 85.8 Å². The highest BCUT2D eigenvalue weighted by molar-refractivity contribution is 14.1. The number of nitro benzene ring substituents is 1. The van der Waals surface area contributed by atoms with Crippen LogP contribution in [0.2, 0.25) is 0 Å². The Kier molecular flexibility index (Phi) is 8.69. The maximum absolute atomic E-state index is 12.6. The number of amides is 2. The van der Waals surface area contributed by atoms with Crippen molar-refractivity contribution in [2.45, 2.75) is 13.5 Å². The first kappa shape index (κ1) is 25.4. The number of imide groups is 1. The molecule has 0 unspecified atom stereocenters. The number of nitrogens with zero attached hydrogens (tertiary/aromatic N) is 2. The number of hydrogen-bond donors (Lipinski definition) is 0. The number of benzene rings is 2. The average molecular weight is 694 g/mol. The van der Waals surface area contributed by atoms with E-state index in [-0.39, 0.29) is 23.8 Å². The number of esters is 1. The third-order valence-corrected chi connectivity index (χ3v) is 6.82. The molecule has 0 atom stereocenters. The number of carbonyl (C=O) groups excluding carboxylic acids is 3. The smallest absolute Gasteiger partial charge is 0.326 e. The van der Waals surface area contributed by atoms with E-state index in [9.17, 15) is 24.5 Å². The Morgan fingerprint density at radius 3 is 2.39 bits per heavy atom. The van der Waals surface area contributed by atoms with Crippen LogP contribution in [0.1, 0.15) is 18.1 Å². The molecule has 172 valence electrons. The normalized spacial score (nSPS) is 14.6. The number of thioether (sulfide) groups is 1. The Morgan fingerprint density at radius 1 is 1.18 bits per heavy atom. The van der Waals surface area contributed by atoms with Gasteiger partial charge in [-0.2, -0.15) is 0 Å². The molecule has 0 radical (unpaired) electrons. The number of nitro groups is 1. The Balaban J connectivity index is 1.72. The Hall–Kier alpha value is -2.20. The summed E-state index contributed by atoms with van der Waals surface area (Å²) in [5.74, 6) is -0.539. The Labute approximate surface area is 220 Å². The lowest BCUT2D eigenvalue weighted by Gasteiger charge is -2.12. The van der Waals surface area contributed by atoms with Crippen LogP contribution >= 0.6 is 56.9 Å². The van der Waals surface area contributed by atoms with Crippen molar-refractivity contribution in [2.75, 3.05) is 13.2 Å². The highest BCUT2D eigenvalue weighted by atomic mass is 127. The summed E-state index contributed by atoms with van der Waals surface area (Å²) in [7, 11) is 0. The van der Waals surface area contributed by atoms with Gasteiger partial charge in [0.2, 0.25) is 0 Å². The first-order valence-corrected chi connectivity index (χ1v) is 12.4. The van der Waals surface area contributed by atoms with Crippen LogP contribution in [0.4, 0.5) is 10.5 Å². The first-order chi connectivity index (χ1) is 15.7. The van der Waals surface area contributed by atoms with Crippen molar-refractivity contribution in [3.63, 3.8) is 0 Å². The van der Waals surface area contributed by atoms with Crippen LogP contribution in [0.15, 0.2) is 41.3 Å². The van der Waals surface area contributed by atoms with Crippen LogP contribution in [-0.4, -0.2) is 40.1 Å². The second-order valence-corrected chi connectivity index (χ2v) is 9.92. The van der Waals surface area contributed by atoms with Crippen LogP contribution in [0.25, 0.3) is 6.08 Å². The van der Waals surface area contributed by atoms with Crippen LogP contribution < -0.4 is 4.74 Å². The van der Waals surface area contributed by atoms with Gasteiger partial charge in [0.1, 0.15) is 18.9 Å². The molecule has 0 aromatic heterocycles. The molecule has 1 saturated heterocycles. The van der Waals surface area contributed by atoms with Crippen molar-refractivity contribution in [3.8, 4) is 5.75 Å². The molecule has 0 saturated carbocycles. The van der Waals surface area contributed by atoms with E-state index in [1.165, 1.54) is 12.1 Å². The molecule has 2 aromatic carbocycles. The standard InChI is InChI=1S/C21H16I2N2O7S/c1-2-31-18(26)10-24-20(27)17(33-21(24)28)9-13-7-15(22)19(16(23)8-13)32-11-12-3-5-14(6-4-12)25(29)30/h3-9H,2,10-11H2,1H3. The second-order valence-electron chi connectivity index (χ2n) is 6.60. The van der Waals surface area contributed by atoms with Crippen molar-refractivity contribution in [1.82, 2.24) is 4.90 Å². The lowest BCUT2D eigenvalue weighted by atomic mass is 10.2. The van der Waals surface area contributed by atoms with Crippen LogP contribution in [-0.2, 0) is 20.9 Å². The monoisotopic (exact) mass is 694 g/mol. The zero-order chi connectivity index (χ0) is 24.1. The predicted octanol–water partition coefficient (Wildman–Crippen LogP) is 4.98. The van der Waals surface area contributed by atoms with Crippen molar-refractivity contribution in [1.29, 1.82) is 0 Å². The van der Waals surface area contributed by atoms with Crippen molar-refractivity contribution in [2.24, 2.45) is 0 Å². The summed E-state index contributed by atoms with van der Waals surface area (Å²) < 4.78 is 12.3. The topological polar surface area (TPSA) is 116 Å². The lowest BCUT2D eigenvalue weighted by molar-refractivity contribution is -0.384. The molecule has 0 N–H and O–H groups in total. The van der Waals surface area contributed by atoms with Crippen LogP contribution in [0, 0.1) is 17.3 Å². The second kappa shape index (κ2) is 11.3. The number of hydrogen-bond acceptors (Lipinski definition) is 8. The molecule has 9 nitrogen and oxygen atoms in total. The summed E-state index contributed by atoms with van der Waals surface area (Å²) in [6, 6.07) is 9.75. The van der Waals surface area contributed by atoms with Crippen LogP contribution in [0.5, 0.6) is 5.75 Å². The number of non-ortho nitro benzene ring substituents is 1. The van der Waals surface area contributed by atoms with E-state index in [0.717, 1.165) is 29.4 Å². The summed E-state index contributed by atoms with van der Waals surface area (Å²) >= 11 is 5.00. The van der Waals surface area contributed by atoms with Gasteiger partial charge in [0, 0.05) is 12.1 Å². The Bertz CT molecular complexity index is 1130. The molecule has 33 heavy (non-hydrogen) atoms. The largest absolute Gasteiger partial charge is 0.487 e. The molecular formula is C21H16I2N2O7S. The first-order valence-electron chi connectivity index (χ1n) is 9.45. The number of halogens is 2. The van der Waals surface area contributed by atoms with Gasteiger partial charge in [0.15, 0.2) is 0 Å². The van der Waals surface area contributed by atoms with Crippen LogP contribution in [0.3, 0.4) is 0 Å². The molecule has 1 aliphatic heterocycles. The molecule has 3 rings (SSSR count). The maximum atomic E-state index is 12.6. The molecule has 12 heteroatoms. The van der Waals surface area contributed by atoms with Gasteiger partial charge < -0.3 is 9.47 Å². The molecule has 1 fully saturated rings. The highest BCUT2D eigenvalue weighted by Crippen LogP contribution is 2.35. The lowest BCUT2D eigenvalue weighted by Crippen LogP contribution is -2.34. The van der Waals surface area contributed by atoms with Crippen molar-refractivity contribution in [3.05, 3.63) is 69.7 Å². The SMILES string of the molecule is CCOC(=O)CN1C(=O)SC(=Cc2cc(I)c(OCc3ccc([N+](=O)[O-])cc3)c(I)c2)C1=O. The Morgan fingerprint density at radius 2 is 1.82 bits per heavy atom. The summed E-state index contributed by atoms with van der Waals surface area (Å²) in [5, 5.41) is 10.2. The summed E-state index contributed by atoms with van der Waals surface area (Å²) in [5.41, 5.74) is 1.50. The van der Waals surface area contributed by atoms with E-state index in [2.05, 4.69) is 45.2 Å². The third-order valence-electron chi connectivity index (χ3n) is 4.31. The van der Waals surface area contributed by atoms with Gasteiger partial charge >= 0.3 is 5.97 Å². The van der Waals surface area contributed by atoms with Crippen molar-refractivity contribution < 1.29 is 28.8 Å². The summed E-state index contributed by atoms with van der Waals surface area (Å²) in [6.45, 7) is 1.63. The number of carbonyl (C=O) groups is 3. The highest BCUT2D eigenvalue weighted by Gasteiger charge is 2.36. The fourth-order valence-corrected chi connectivity index (χ4v) is 5.76. The quantitative estimate of drug-likeness (QED) is 0.125. The molecule has 0 spiro atoms. The molecule has 1 aliphatic rings. The molecule has 1 heterocycles. The number of ether oxygens (including phenoxy) is 2. The van der Waals surface area contributed by atoms with Gasteiger partial charge in [-0.3, -0.25) is 29.4 Å². The van der Waals surface area contributed by atoms with Gasteiger partial charge in [-0.25, -0.2) is 0 Å². The van der Waals surface area contributed by atoms with Gasteiger partial charge in [0.05, 0.1) is 23.6 Å². The van der Waals surface area contributed by atoms with E-state index in [4.69, 9.17) is 9.47 Å². The number of rotatable bonds is 8. The minimum atomic E-state index is -0.639. The third kappa shape index (κ3) is 6.44. The molecular weight excluding hydrogens is 678 g/mol. The maximum Gasteiger partial charge on any atom is 0.326 e. The minimum Gasteiger partial charge on any atom is -0.487 e. The van der Waals surface area contributed by atoms with E-state index in [0.29, 0.717) is 11.3 Å². The summed E-state index contributed by atoms with van der Waals surface area (Å²) in [4.78, 5) is 47.8. The molecule has 0 bridgehead atoms. The fraction of sp³-hybridized carbons (Fsp3) is 0.190. The zero-order valence-corrected chi connectivity index (χ0v) is 22.2. The van der Waals surface area contributed by atoms with E-state index in [1.807, 2.05) is 12.1 Å². The molecule has 2 amide bonds. The molecule has 2 aromatic rings. The fourth-order valence-electron chi connectivity index (χ4n) is 2.79. The molecule has 0 aliphatic carbocycles. The van der Waals surface area contributed by atoms with E-state index >= 15 is 0 Å². The van der Waals surface area contributed by atoms with E-state index < -0.39 is 28.6 Å². The van der Waals surface area contributed by atoms with Gasteiger partial charge in [-0.15, -0.1) is 0 Å².